The van der Waals surface area contributed by atoms with Gasteiger partial charge >= 0.3 is 0 Å². The number of benzene rings is 2. The summed E-state index contributed by atoms with van der Waals surface area (Å²) in [5, 5.41) is 15.5. The first-order valence-electron chi connectivity index (χ1n) is 12.5. The molecule has 38 heavy (non-hydrogen) atoms. The van der Waals surface area contributed by atoms with Crippen LogP contribution in [0.25, 0.3) is 11.4 Å². The van der Waals surface area contributed by atoms with Crippen molar-refractivity contribution in [2.45, 2.75) is 57.8 Å². The number of carbonyl (C=O) groups excluding carboxylic acids is 2. The summed E-state index contributed by atoms with van der Waals surface area (Å²) in [5.74, 6) is -0.148. The molecule has 10 nitrogen and oxygen atoms in total. The van der Waals surface area contributed by atoms with Crippen LogP contribution in [0, 0.1) is 5.82 Å². The lowest BCUT2D eigenvalue weighted by Gasteiger charge is -2.34. The summed E-state index contributed by atoms with van der Waals surface area (Å²) in [7, 11) is 1.58. The molecule has 1 aliphatic rings. The van der Waals surface area contributed by atoms with Crippen LogP contribution in [0.5, 0.6) is 5.75 Å². The van der Waals surface area contributed by atoms with E-state index in [9.17, 15) is 14.0 Å². The highest BCUT2D eigenvalue weighted by Crippen LogP contribution is 2.26. The topological polar surface area (TPSA) is 111 Å². The molecule has 0 spiro atoms. The molecular formula is C27H33FN6O4. The zero-order valence-electron chi connectivity index (χ0n) is 22.1. The standard InChI is InChI=1S/C27H33FN6O4/c1-27(2,3)29-26(36)24(18-7-11-20(28)12-8-18)33(16-22-6-5-15-38-22)23(35)17-34-31-25(30-32-34)19-9-13-21(37-4)14-10-19/h7-14,22,24H,5-6,15-17H2,1-4H3,(H,29,36). The van der Waals surface area contributed by atoms with Gasteiger partial charge < -0.3 is 19.7 Å². The Labute approximate surface area is 221 Å². The third-order valence-corrected chi connectivity index (χ3v) is 6.07. The molecule has 2 unspecified atom stereocenters. The molecule has 1 saturated heterocycles. The van der Waals surface area contributed by atoms with Crippen LogP contribution in [0.15, 0.2) is 48.5 Å². The lowest BCUT2D eigenvalue weighted by molar-refractivity contribution is -0.144. The van der Waals surface area contributed by atoms with Crippen molar-refractivity contribution < 1.29 is 23.5 Å². The second kappa shape index (κ2) is 11.7. The third-order valence-electron chi connectivity index (χ3n) is 6.07. The summed E-state index contributed by atoms with van der Waals surface area (Å²) in [6.07, 6.45) is 1.42. The maximum Gasteiger partial charge on any atom is 0.247 e. The van der Waals surface area contributed by atoms with Gasteiger partial charge in [-0.15, -0.1) is 10.2 Å². The van der Waals surface area contributed by atoms with Crippen molar-refractivity contribution in [2.75, 3.05) is 20.3 Å². The quantitative estimate of drug-likeness (QED) is 0.458. The normalized spacial score (nSPS) is 16.2. The smallest absolute Gasteiger partial charge is 0.247 e. The Morgan fingerprint density at radius 2 is 1.89 bits per heavy atom. The molecule has 0 radical (unpaired) electrons. The van der Waals surface area contributed by atoms with Crippen molar-refractivity contribution in [3.05, 3.63) is 59.9 Å². The summed E-state index contributed by atoms with van der Waals surface area (Å²) in [5.41, 5.74) is 0.661. The van der Waals surface area contributed by atoms with Gasteiger partial charge in [0.25, 0.3) is 0 Å². The lowest BCUT2D eigenvalue weighted by Crippen LogP contribution is -2.51. The van der Waals surface area contributed by atoms with Gasteiger partial charge in [0.1, 0.15) is 24.2 Å². The van der Waals surface area contributed by atoms with Crippen molar-refractivity contribution in [1.29, 1.82) is 0 Å². The number of carbonyl (C=O) groups is 2. The molecule has 0 bridgehead atoms. The average Bonchev–Trinajstić information content (AvgIpc) is 3.56. The molecule has 3 aromatic rings. The van der Waals surface area contributed by atoms with Crippen molar-refractivity contribution in [2.24, 2.45) is 0 Å². The predicted molar refractivity (Wildman–Crippen MR) is 138 cm³/mol. The largest absolute Gasteiger partial charge is 0.497 e. The number of aromatic nitrogens is 4. The minimum atomic E-state index is -1.00. The van der Waals surface area contributed by atoms with E-state index in [2.05, 4.69) is 20.7 Å². The number of amides is 2. The van der Waals surface area contributed by atoms with E-state index in [1.165, 1.54) is 34.0 Å². The number of nitrogens with one attached hydrogen (secondary N) is 1. The number of halogens is 1. The van der Waals surface area contributed by atoms with Gasteiger partial charge in [-0.1, -0.05) is 12.1 Å². The monoisotopic (exact) mass is 524 g/mol. The van der Waals surface area contributed by atoms with E-state index in [0.29, 0.717) is 23.7 Å². The molecule has 2 atom stereocenters. The number of methoxy groups -OCH3 is 1. The fourth-order valence-electron chi connectivity index (χ4n) is 4.29. The molecule has 4 rings (SSSR count). The number of hydrogen-bond donors (Lipinski definition) is 1. The summed E-state index contributed by atoms with van der Waals surface area (Å²) < 4.78 is 24.7. The van der Waals surface area contributed by atoms with Gasteiger partial charge in [-0.25, -0.2) is 4.39 Å². The molecule has 11 heteroatoms. The van der Waals surface area contributed by atoms with Crippen LogP contribution in [0.2, 0.25) is 0 Å². The molecule has 1 aromatic heterocycles. The first-order chi connectivity index (χ1) is 18.1. The second-order valence-electron chi connectivity index (χ2n) is 10.2. The summed E-state index contributed by atoms with van der Waals surface area (Å²) in [6, 6.07) is 11.8. The van der Waals surface area contributed by atoms with E-state index in [1.54, 1.807) is 31.4 Å². The number of hydrogen-bond acceptors (Lipinski definition) is 7. The highest BCUT2D eigenvalue weighted by molar-refractivity contribution is 5.89. The van der Waals surface area contributed by atoms with E-state index in [-0.39, 0.29) is 25.1 Å². The predicted octanol–water partition coefficient (Wildman–Crippen LogP) is 3.15. The van der Waals surface area contributed by atoms with Crippen LogP contribution in [0.3, 0.4) is 0 Å². The highest BCUT2D eigenvalue weighted by Gasteiger charge is 2.36. The number of ether oxygens (including phenoxy) is 2. The Morgan fingerprint density at radius 1 is 1.18 bits per heavy atom. The molecule has 1 N–H and O–H groups in total. The van der Waals surface area contributed by atoms with E-state index in [0.717, 1.165) is 18.4 Å². The summed E-state index contributed by atoms with van der Waals surface area (Å²) in [4.78, 5) is 30.0. The van der Waals surface area contributed by atoms with Gasteiger partial charge in [0.05, 0.1) is 13.2 Å². The van der Waals surface area contributed by atoms with Crippen molar-refractivity contribution in [3.63, 3.8) is 0 Å². The maximum atomic E-state index is 13.8. The molecule has 2 heterocycles. The fourth-order valence-corrected chi connectivity index (χ4v) is 4.29. The van der Waals surface area contributed by atoms with Crippen molar-refractivity contribution in [1.82, 2.24) is 30.4 Å². The van der Waals surface area contributed by atoms with Crippen molar-refractivity contribution >= 4 is 11.8 Å². The molecule has 2 aromatic carbocycles. The number of tetrazole rings is 1. The maximum absolute atomic E-state index is 13.8. The van der Waals surface area contributed by atoms with Crippen LogP contribution in [-0.4, -0.2) is 68.8 Å². The molecule has 2 amide bonds. The molecule has 1 fully saturated rings. The summed E-state index contributed by atoms with van der Waals surface area (Å²) in [6.45, 7) is 6.13. The molecule has 0 aliphatic carbocycles. The Hall–Kier alpha value is -3.86. The highest BCUT2D eigenvalue weighted by atomic mass is 19.1. The zero-order chi connectivity index (χ0) is 27.3. The van der Waals surface area contributed by atoms with Crippen molar-refractivity contribution in [3.8, 4) is 17.1 Å². The van der Waals surface area contributed by atoms with Gasteiger partial charge in [0, 0.05) is 24.3 Å². The Balaban J connectivity index is 1.63. The molecule has 202 valence electrons. The first-order valence-corrected chi connectivity index (χ1v) is 12.5. The Morgan fingerprint density at radius 3 is 2.50 bits per heavy atom. The molecule has 0 saturated carbocycles. The molecular weight excluding hydrogens is 491 g/mol. The molecule has 1 aliphatic heterocycles. The summed E-state index contributed by atoms with van der Waals surface area (Å²) >= 11 is 0. The second-order valence-corrected chi connectivity index (χ2v) is 10.2. The van der Waals surface area contributed by atoms with Crippen LogP contribution in [0.4, 0.5) is 4.39 Å². The zero-order valence-corrected chi connectivity index (χ0v) is 22.1. The SMILES string of the molecule is COc1ccc(-c2nnn(CC(=O)N(CC3CCCO3)C(C(=O)NC(C)(C)C)c3ccc(F)cc3)n2)cc1. The average molecular weight is 525 g/mol. The van der Waals surface area contributed by atoms with Gasteiger partial charge in [-0.2, -0.15) is 4.80 Å². The minimum absolute atomic E-state index is 0.193. The Bertz CT molecular complexity index is 1230. The fraction of sp³-hybridized carbons (Fsp3) is 0.444. The first kappa shape index (κ1) is 27.2. The lowest BCUT2D eigenvalue weighted by atomic mass is 10.0. The minimum Gasteiger partial charge on any atom is -0.497 e. The Kier molecular flexibility index (Phi) is 8.35. The third kappa shape index (κ3) is 6.91. The van der Waals surface area contributed by atoms with Crippen LogP contribution in [-0.2, 0) is 20.9 Å². The van der Waals surface area contributed by atoms with E-state index >= 15 is 0 Å². The van der Waals surface area contributed by atoms with Gasteiger partial charge in [0.2, 0.25) is 17.6 Å². The van der Waals surface area contributed by atoms with E-state index in [1.807, 2.05) is 20.8 Å². The van der Waals surface area contributed by atoms with Gasteiger partial charge in [-0.05, 0) is 80.8 Å². The van der Waals surface area contributed by atoms with Gasteiger partial charge in [-0.3, -0.25) is 9.59 Å². The van der Waals surface area contributed by atoms with Crippen LogP contribution < -0.4 is 10.1 Å². The number of rotatable bonds is 9. The van der Waals surface area contributed by atoms with E-state index in [4.69, 9.17) is 9.47 Å². The number of nitrogens with zero attached hydrogens (tertiary/aromatic N) is 5. The van der Waals surface area contributed by atoms with Crippen LogP contribution in [0.1, 0.15) is 45.2 Å². The van der Waals surface area contributed by atoms with Crippen LogP contribution >= 0.6 is 0 Å². The van der Waals surface area contributed by atoms with E-state index < -0.39 is 23.3 Å². The van der Waals surface area contributed by atoms with Gasteiger partial charge in [0.15, 0.2) is 0 Å².